The third-order valence-electron chi connectivity index (χ3n) is 4.15. The Morgan fingerprint density at radius 3 is 2.64 bits per heavy atom. The van der Waals surface area contributed by atoms with Gasteiger partial charge in [0.2, 0.25) is 0 Å². The number of rotatable bonds is 4. The summed E-state index contributed by atoms with van der Waals surface area (Å²) in [5.41, 5.74) is 0.768. The third kappa shape index (κ3) is 4.45. The lowest BCUT2D eigenvalue weighted by atomic mass is 10.1. The maximum atomic E-state index is 13.3. The van der Waals surface area contributed by atoms with Crippen molar-refractivity contribution in [3.63, 3.8) is 0 Å². The van der Waals surface area contributed by atoms with E-state index in [1.54, 1.807) is 24.3 Å². The Balaban J connectivity index is 0.00000225. The number of halogens is 4. The van der Waals surface area contributed by atoms with E-state index in [0.717, 1.165) is 0 Å². The molecule has 1 saturated heterocycles. The maximum absolute atomic E-state index is 13.3. The van der Waals surface area contributed by atoms with Gasteiger partial charge in [-0.25, -0.2) is 0 Å². The Morgan fingerprint density at radius 1 is 1.28 bits per heavy atom. The number of hydrogen-bond donors (Lipinski definition) is 2. The fourth-order valence-corrected chi connectivity index (χ4v) is 2.88. The SMILES string of the molecule is Cl.O=C(NCC(N1CCNCC1)C(F)(F)F)c1coc2ccccc12. The van der Waals surface area contributed by atoms with Gasteiger partial charge in [-0.05, 0) is 6.07 Å². The number of carbonyl (C=O) groups excluding carboxylic acids is 1. The fourth-order valence-electron chi connectivity index (χ4n) is 2.88. The number of para-hydroxylation sites is 1. The van der Waals surface area contributed by atoms with Crippen molar-refractivity contribution in [3.8, 4) is 0 Å². The van der Waals surface area contributed by atoms with Crippen molar-refractivity contribution in [1.82, 2.24) is 15.5 Å². The summed E-state index contributed by atoms with van der Waals surface area (Å²) >= 11 is 0. The summed E-state index contributed by atoms with van der Waals surface area (Å²) in [6.45, 7) is 1.13. The van der Waals surface area contributed by atoms with E-state index < -0.39 is 24.7 Å². The molecule has 3 rings (SSSR count). The van der Waals surface area contributed by atoms with Crippen LogP contribution in [0, 0.1) is 0 Å². The minimum absolute atomic E-state index is 0. The Hall–Kier alpha value is -1.77. The highest BCUT2D eigenvalue weighted by molar-refractivity contribution is 6.05. The van der Waals surface area contributed by atoms with Gasteiger partial charge < -0.3 is 15.1 Å². The second-order valence-electron chi connectivity index (χ2n) is 5.70. The van der Waals surface area contributed by atoms with Gasteiger partial charge >= 0.3 is 6.18 Å². The van der Waals surface area contributed by atoms with Gasteiger partial charge in [-0.3, -0.25) is 9.69 Å². The normalized spacial score (nSPS) is 17.1. The van der Waals surface area contributed by atoms with E-state index in [4.69, 9.17) is 4.42 Å². The van der Waals surface area contributed by atoms with Crippen LogP contribution in [0.1, 0.15) is 10.4 Å². The molecule has 1 aliphatic heterocycles. The van der Waals surface area contributed by atoms with Crippen molar-refractivity contribution < 1.29 is 22.4 Å². The lowest BCUT2D eigenvalue weighted by molar-refractivity contribution is -0.183. The third-order valence-corrected chi connectivity index (χ3v) is 4.15. The summed E-state index contributed by atoms with van der Waals surface area (Å²) in [7, 11) is 0. The lowest BCUT2D eigenvalue weighted by Crippen LogP contribution is -2.57. The Morgan fingerprint density at radius 2 is 1.96 bits per heavy atom. The lowest BCUT2D eigenvalue weighted by Gasteiger charge is -2.35. The number of piperazine rings is 1. The number of amides is 1. The van der Waals surface area contributed by atoms with Gasteiger partial charge in [-0.2, -0.15) is 13.2 Å². The zero-order valence-electron chi connectivity index (χ0n) is 13.3. The zero-order chi connectivity index (χ0) is 17.2. The van der Waals surface area contributed by atoms with Crippen molar-refractivity contribution in [2.24, 2.45) is 0 Å². The maximum Gasteiger partial charge on any atom is 0.405 e. The van der Waals surface area contributed by atoms with E-state index in [9.17, 15) is 18.0 Å². The van der Waals surface area contributed by atoms with Crippen LogP contribution in [0.2, 0.25) is 0 Å². The van der Waals surface area contributed by atoms with Crippen LogP contribution in [0.5, 0.6) is 0 Å². The second kappa shape index (κ2) is 8.07. The first-order chi connectivity index (χ1) is 11.5. The van der Waals surface area contributed by atoms with E-state index >= 15 is 0 Å². The van der Waals surface area contributed by atoms with Crippen LogP contribution in [0.4, 0.5) is 13.2 Å². The van der Waals surface area contributed by atoms with Crippen molar-refractivity contribution in [2.45, 2.75) is 12.2 Å². The first kappa shape index (κ1) is 19.6. The number of furan rings is 1. The van der Waals surface area contributed by atoms with Crippen LogP contribution >= 0.6 is 12.4 Å². The molecule has 25 heavy (non-hydrogen) atoms. The molecule has 2 aromatic rings. The molecule has 1 aromatic heterocycles. The fraction of sp³-hybridized carbons (Fsp3) is 0.438. The monoisotopic (exact) mass is 377 g/mol. The summed E-state index contributed by atoms with van der Waals surface area (Å²) in [4.78, 5) is 13.6. The molecular weight excluding hydrogens is 359 g/mol. The number of nitrogens with one attached hydrogen (secondary N) is 2. The molecule has 5 nitrogen and oxygen atoms in total. The molecule has 0 saturated carbocycles. The van der Waals surface area contributed by atoms with E-state index in [-0.39, 0.29) is 18.0 Å². The van der Waals surface area contributed by atoms with E-state index in [1.807, 2.05) is 0 Å². The molecule has 1 aliphatic rings. The average Bonchev–Trinajstić information content (AvgIpc) is 2.99. The Labute approximate surface area is 148 Å². The van der Waals surface area contributed by atoms with Gasteiger partial charge in [0, 0.05) is 38.1 Å². The standard InChI is InChI=1S/C16H18F3N3O2.ClH/c17-16(18,19)14(22-7-5-20-6-8-22)9-21-15(23)12-10-24-13-4-2-1-3-11(12)13;/h1-4,10,14,20H,5-9H2,(H,21,23);1H. The first-order valence-corrected chi connectivity index (χ1v) is 7.73. The van der Waals surface area contributed by atoms with Gasteiger partial charge in [0.1, 0.15) is 17.9 Å². The molecule has 0 aliphatic carbocycles. The first-order valence-electron chi connectivity index (χ1n) is 7.73. The molecule has 0 spiro atoms. The highest BCUT2D eigenvalue weighted by Gasteiger charge is 2.43. The topological polar surface area (TPSA) is 57.5 Å². The number of carbonyl (C=O) groups is 1. The van der Waals surface area contributed by atoms with Gasteiger partial charge in [0.15, 0.2) is 0 Å². The number of benzene rings is 1. The molecule has 1 amide bonds. The van der Waals surface area contributed by atoms with Crippen molar-refractivity contribution in [1.29, 1.82) is 0 Å². The molecule has 2 heterocycles. The molecule has 0 radical (unpaired) electrons. The predicted molar refractivity (Wildman–Crippen MR) is 90.1 cm³/mol. The summed E-state index contributed by atoms with van der Waals surface area (Å²) < 4.78 is 45.2. The summed E-state index contributed by atoms with van der Waals surface area (Å²) in [5.74, 6) is -0.565. The van der Waals surface area contributed by atoms with Crippen LogP contribution in [-0.2, 0) is 0 Å². The summed E-state index contributed by atoms with van der Waals surface area (Å²) in [6.07, 6.45) is -3.13. The minimum atomic E-state index is -4.40. The second-order valence-corrected chi connectivity index (χ2v) is 5.70. The Bertz CT molecular complexity index is 714. The average molecular weight is 378 g/mol. The highest BCUT2D eigenvalue weighted by atomic mass is 35.5. The zero-order valence-corrected chi connectivity index (χ0v) is 14.1. The van der Waals surface area contributed by atoms with Crippen molar-refractivity contribution in [3.05, 3.63) is 36.1 Å². The summed E-state index contributed by atoms with van der Waals surface area (Å²) in [6, 6.07) is 5.21. The van der Waals surface area contributed by atoms with Crippen LogP contribution in [0.15, 0.2) is 34.9 Å². The molecule has 0 bridgehead atoms. The van der Waals surface area contributed by atoms with Gasteiger partial charge in [-0.1, -0.05) is 18.2 Å². The largest absolute Gasteiger partial charge is 0.463 e. The molecule has 1 unspecified atom stereocenters. The predicted octanol–water partition coefficient (Wildman–Crippen LogP) is 2.42. The van der Waals surface area contributed by atoms with Crippen LogP contribution in [0.3, 0.4) is 0 Å². The van der Waals surface area contributed by atoms with E-state index in [0.29, 0.717) is 37.1 Å². The highest BCUT2D eigenvalue weighted by Crippen LogP contribution is 2.25. The van der Waals surface area contributed by atoms with Gasteiger partial charge in [0.25, 0.3) is 5.91 Å². The minimum Gasteiger partial charge on any atom is -0.463 e. The molecule has 1 aromatic carbocycles. The van der Waals surface area contributed by atoms with Crippen LogP contribution in [0.25, 0.3) is 11.0 Å². The van der Waals surface area contributed by atoms with E-state index in [2.05, 4.69) is 10.6 Å². The molecule has 2 N–H and O–H groups in total. The molecule has 138 valence electrons. The number of alkyl halides is 3. The number of fused-ring (bicyclic) bond motifs is 1. The molecule has 1 atom stereocenters. The number of nitrogens with zero attached hydrogens (tertiary/aromatic N) is 1. The molecule has 9 heteroatoms. The number of hydrogen-bond acceptors (Lipinski definition) is 4. The van der Waals surface area contributed by atoms with Crippen molar-refractivity contribution in [2.75, 3.05) is 32.7 Å². The molecule has 1 fully saturated rings. The Kier molecular flexibility index (Phi) is 6.31. The van der Waals surface area contributed by atoms with Crippen molar-refractivity contribution >= 4 is 29.3 Å². The van der Waals surface area contributed by atoms with Gasteiger partial charge in [-0.15, -0.1) is 12.4 Å². The van der Waals surface area contributed by atoms with Crippen LogP contribution < -0.4 is 10.6 Å². The van der Waals surface area contributed by atoms with Gasteiger partial charge in [0.05, 0.1) is 5.56 Å². The quantitative estimate of drug-likeness (QED) is 0.859. The van der Waals surface area contributed by atoms with E-state index in [1.165, 1.54) is 11.2 Å². The smallest absolute Gasteiger partial charge is 0.405 e. The summed E-state index contributed by atoms with van der Waals surface area (Å²) in [5, 5.41) is 6.00. The van der Waals surface area contributed by atoms with Crippen LogP contribution in [-0.4, -0.2) is 55.7 Å². The molecular formula is C16H19ClF3N3O2.